The number of nitrogens with zero attached hydrogens (tertiary/aromatic N) is 4. The van der Waals surface area contributed by atoms with Crippen LogP contribution in [-0.4, -0.2) is 59.0 Å². The molecule has 1 spiro atoms. The number of halogens is 2. The number of rotatable bonds is 4. The van der Waals surface area contributed by atoms with E-state index in [4.69, 9.17) is 11.6 Å². The van der Waals surface area contributed by atoms with Crippen molar-refractivity contribution in [2.75, 3.05) is 33.2 Å². The molecule has 1 aromatic heterocycles. The van der Waals surface area contributed by atoms with Gasteiger partial charge in [-0.3, -0.25) is 9.69 Å². The number of carbonyl (C=O) groups is 1. The summed E-state index contributed by atoms with van der Waals surface area (Å²) < 4.78 is 16.2. The minimum Gasteiger partial charge on any atom is -0.388 e. The fourth-order valence-corrected chi connectivity index (χ4v) is 5.60. The van der Waals surface area contributed by atoms with Crippen LogP contribution in [-0.2, 0) is 17.9 Å². The topological polar surface area (TPSA) is 53.4 Å². The summed E-state index contributed by atoms with van der Waals surface area (Å²) in [5.41, 5.74) is 4.48. The first-order valence-electron chi connectivity index (χ1n) is 12.7. The number of hydrogen-bond donors (Lipinski definition) is 1. The van der Waals surface area contributed by atoms with E-state index in [0.717, 1.165) is 69.9 Å². The maximum atomic E-state index is 14.0. The van der Waals surface area contributed by atoms with Gasteiger partial charge in [0.05, 0.1) is 17.0 Å². The van der Waals surface area contributed by atoms with Crippen molar-refractivity contribution in [1.82, 2.24) is 24.7 Å². The number of fused-ring (bicyclic) bond motifs is 1. The third kappa shape index (κ3) is 5.56. The van der Waals surface area contributed by atoms with E-state index in [1.54, 1.807) is 12.1 Å². The number of aromatic nitrogens is 2. The van der Waals surface area contributed by atoms with Gasteiger partial charge in [-0.15, -0.1) is 0 Å². The SMILES string of the molecule is CCCC=C1NCCC12CCN(C=O)CC2.Cc1nc(-c2ccc(Cl)cc2F)n2c1CN(C)CC2. The van der Waals surface area contributed by atoms with E-state index in [2.05, 4.69) is 39.8 Å². The zero-order chi connectivity index (χ0) is 25.0. The molecule has 1 amide bonds. The molecular weight excluding hydrogens is 465 g/mol. The second-order valence-electron chi connectivity index (χ2n) is 9.99. The number of carbonyl (C=O) groups excluding carboxylic acids is 1. The number of amides is 1. The van der Waals surface area contributed by atoms with Crippen LogP contribution in [0.3, 0.4) is 0 Å². The first-order valence-corrected chi connectivity index (χ1v) is 13.1. The number of nitrogens with one attached hydrogen (secondary N) is 1. The van der Waals surface area contributed by atoms with E-state index in [1.807, 2.05) is 11.8 Å². The molecule has 1 aromatic carbocycles. The second kappa shape index (κ2) is 11.1. The highest BCUT2D eigenvalue weighted by Crippen LogP contribution is 2.43. The minimum absolute atomic E-state index is 0.320. The molecule has 3 aliphatic rings. The van der Waals surface area contributed by atoms with Gasteiger partial charge in [-0.05, 0) is 57.9 Å². The van der Waals surface area contributed by atoms with Crippen LogP contribution in [0.2, 0.25) is 5.02 Å². The van der Waals surface area contributed by atoms with E-state index in [-0.39, 0.29) is 5.82 Å². The highest BCUT2D eigenvalue weighted by atomic mass is 35.5. The molecule has 0 unspecified atom stereocenters. The van der Waals surface area contributed by atoms with E-state index in [9.17, 15) is 9.18 Å². The number of benzene rings is 1. The lowest BCUT2D eigenvalue weighted by Gasteiger charge is -2.38. The Bertz CT molecular complexity index is 1070. The van der Waals surface area contributed by atoms with Crippen molar-refractivity contribution >= 4 is 18.0 Å². The van der Waals surface area contributed by atoms with Crippen LogP contribution >= 0.6 is 11.6 Å². The zero-order valence-electron chi connectivity index (χ0n) is 21.1. The quantitative estimate of drug-likeness (QED) is 0.599. The Balaban J connectivity index is 0.000000168. The highest BCUT2D eigenvalue weighted by Gasteiger charge is 2.40. The minimum atomic E-state index is -0.320. The lowest BCUT2D eigenvalue weighted by molar-refractivity contribution is -0.119. The van der Waals surface area contributed by atoms with Gasteiger partial charge >= 0.3 is 0 Å². The third-order valence-corrected chi connectivity index (χ3v) is 7.84. The van der Waals surface area contributed by atoms with Crippen LogP contribution < -0.4 is 5.32 Å². The molecule has 0 aliphatic carbocycles. The van der Waals surface area contributed by atoms with Crippen LogP contribution in [0.4, 0.5) is 4.39 Å². The van der Waals surface area contributed by atoms with E-state index in [1.165, 1.54) is 31.0 Å². The Morgan fingerprint density at radius 1 is 1.20 bits per heavy atom. The summed E-state index contributed by atoms with van der Waals surface area (Å²) in [6, 6.07) is 4.74. The first kappa shape index (κ1) is 25.7. The Morgan fingerprint density at radius 2 is 1.97 bits per heavy atom. The molecule has 0 atom stereocenters. The standard InChI is InChI=1S/C14H15ClFN3.C13H22N2O/c1-9-13-8-18(2)5-6-19(13)14(17-9)11-4-3-10(15)7-12(11)16;1-2-3-4-12-13(5-8-14-12)6-9-15(11-16)10-7-13/h3-4,7H,5-6,8H2,1-2H3;4,11,14H,2-3,5-10H2,1H3. The number of likely N-dealkylation sites (N-methyl/N-ethyl adjacent to an activating group) is 1. The molecular formula is C27H37ClFN5O. The summed E-state index contributed by atoms with van der Waals surface area (Å²) in [6.07, 6.45) is 9.26. The summed E-state index contributed by atoms with van der Waals surface area (Å²) >= 11 is 5.80. The summed E-state index contributed by atoms with van der Waals surface area (Å²) in [7, 11) is 2.08. The zero-order valence-corrected chi connectivity index (χ0v) is 21.9. The summed E-state index contributed by atoms with van der Waals surface area (Å²) in [5.74, 6) is 0.383. The van der Waals surface area contributed by atoms with Crippen LogP contribution in [0.15, 0.2) is 30.0 Å². The van der Waals surface area contributed by atoms with Crippen LogP contribution in [0, 0.1) is 18.2 Å². The van der Waals surface area contributed by atoms with Gasteiger partial charge in [-0.2, -0.15) is 0 Å². The third-order valence-electron chi connectivity index (χ3n) is 7.60. The number of likely N-dealkylation sites (tertiary alicyclic amines) is 1. The summed E-state index contributed by atoms with van der Waals surface area (Å²) in [6.45, 7) is 9.79. The van der Waals surface area contributed by atoms with Gasteiger partial charge in [-0.25, -0.2) is 9.37 Å². The number of aryl methyl sites for hydroxylation is 1. The molecule has 8 heteroatoms. The Kier molecular flexibility index (Phi) is 8.17. The molecule has 0 saturated carbocycles. The Morgan fingerprint density at radius 3 is 2.66 bits per heavy atom. The number of hydrogen-bond acceptors (Lipinski definition) is 4. The predicted octanol–water partition coefficient (Wildman–Crippen LogP) is 5.00. The smallest absolute Gasteiger partial charge is 0.209 e. The predicted molar refractivity (Wildman–Crippen MR) is 139 cm³/mol. The van der Waals surface area contributed by atoms with Gasteiger partial charge in [0.15, 0.2) is 0 Å². The Hall–Kier alpha value is -2.38. The average molecular weight is 502 g/mol. The van der Waals surface area contributed by atoms with Crippen molar-refractivity contribution in [3.63, 3.8) is 0 Å². The van der Waals surface area contributed by atoms with Crippen LogP contribution in [0.5, 0.6) is 0 Å². The summed E-state index contributed by atoms with van der Waals surface area (Å²) in [5, 5.41) is 3.94. The lowest BCUT2D eigenvalue weighted by atomic mass is 9.75. The monoisotopic (exact) mass is 501 g/mol. The van der Waals surface area contributed by atoms with Crippen molar-refractivity contribution < 1.29 is 9.18 Å². The normalized spacial score (nSPS) is 20.4. The largest absolute Gasteiger partial charge is 0.388 e. The second-order valence-corrected chi connectivity index (χ2v) is 10.4. The molecule has 6 nitrogen and oxygen atoms in total. The summed E-state index contributed by atoms with van der Waals surface area (Å²) in [4.78, 5) is 19.4. The van der Waals surface area contributed by atoms with E-state index < -0.39 is 0 Å². The van der Waals surface area contributed by atoms with Crippen molar-refractivity contribution in [2.24, 2.45) is 5.41 Å². The molecule has 0 bridgehead atoms. The maximum Gasteiger partial charge on any atom is 0.209 e. The fourth-order valence-electron chi connectivity index (χ4n) is 5.44. The molecule has 2 saturated heterocycles. The van der Waals surface area contributed by atoms with Crippen molar-refractivity contribution in [2.45, 2.75) is 59.0 Å². The molecule has 1 N–H and O–H groups in total. The molecule has 4 heterocycles. The number of unbranched alkanes of at least 4 members (excludes halogenated alkanes) is 1. The molecule has 5 rings (SSSR count). The van der Waals surface area contributed by atoms with Gasteiger partial charge in [0, 0.05) is 55.4 Å². The van der Waals surface area contributed by atoms with E-state index >= 15 is 0 Å². The number of allylic oxidation sites excluding steroid dienone is 2. The van der Waals surface area contributed by atoms with Gasteiger partial charge in [0.25, 0.3) is 0 Å². The molecule has 2 fully saturated rings. The van der Waals surface area contributed by atoms with Gasteiger partial charge < -0.3 is 14.8 Å². The first-order chi connectivity index (χ1) is 16.9. The molecule has 0 radical (unpaired) electrons. The molecule has 2 aromatic rings. The maximum absolute atomic E-state index is 14.0. The van der Waals surface area contributed by atoms with Gasteiger partial charge in [0.2, 0.25) is 6.41 Å². The molecule has 3 aliphatic heterocycles. The molecule has 35 heavy (non-hydrogen) atoms. The average Bonchev–Trinajstić information content (AvgIpc) is 3.39. The number of piperidine rings is 1. The van der Waals surface area contributed by atoms with Crippen LogP contribution in [0.25, 0.3) is 11.4 Å². The van der Waals surface area contributed by atoms with E-state index in [0.29, 0.717) is 21.8 Å². The van der Waals surface area contributed by atoms with Gasteiger partial charge in [0.1, 0.15) is 11.6 Å². The highest BCUT2D eigenvalue weighted by molar-refractivity contribution is 6.30. The van der Waals surface area contributed by atoms with Crippen molar-refractivity contribution in [1.29, 1.82) is 0 Å². The molecule has 190 valence electrons. The lowest BCUT2D eigenvalue weighted by Crippen LogP contribution is -2.39. The number of imidazole rings is 1. The fraction of sp³-hybridized carbons (Fsp3) is 0.556. The van der Waals surface area contributed by atoms with Crippen LogP contribution in [0.1, 0.15) is 50.4 Å². The van der Waals surface area contributed by atoms with Crippen molar-refractivity contribution in [3.05, 3.63) is 52.2 Å². The Labute approximate surface area is 213 Å². The van der Waals surface area contributed by atoms with Gasteiger partial charge in [-0.1, -0.05) is 31.0 Å². The van der Waals surface area contributed by atoms with Crippen molar-refractivity contribution in [3.8, 4) is 11.4 Å².